The molecule has 2 aliphatic rings. The van der Waals surface area contributed by atoms with Crippen molar-refractivity contribution in [2.45, 2.75) is 44.1 Å². The Kier molecular flexibility index (Phi) is 3.69. The van der Waals surface area contributed by atoms with Gasteiger partial charge in [-0.05, 0) is 52.9 Å². The second-order valence-electron chi connectivity index (χ2n) is 8.46. The second kappa shape index (κ2) is 6.32. The molecule has 1 saturated carbocycles. The highest BCUT2D eigenvalue weighted by atomic mass is 19.1. The summed E-state index contributed by atoms with van der Waals surface area (Å²) in [6, 6.07) is 14.7. The first kappa shape index (κ1) is 17.5. The molecule has 6 rings (SSSR count). The first-order valence-electron chi connectivity index (χ1n) is 10.3. The highest BCUT2D eigenvalue weighted by molar-refractivity contribution is 5.73. The van der Waals surface area contributed by atoms with Crippen LogP contribution in [0.3, 0.4) is 0 Å². The molecular weight excluding hydrogens is 381 g/mol. The monoisotopic (exact) mass is 401 g/mol. The van der Waals surface area contributed by atoms with Gasteiger partial charge in [0, 0.05) is 11.0 Å². The van der Waals surface area contributed by atoms with E-state index in [-0.39, 0.29) is 16.8 Å². The van der Waals surface area contributed by atoms with Crippen LogP contribution >= 0.6 is 0 Å². The smallest absolute Gasteiger partial charge is 0.259 e. The Morgan fingerprint density at radius 2 is 1.87 bits per heavy atom. The van der Waals surface area contributed by atoms with Crippen molar-refractivity contribution in [2.24, 2.45) is 0 Å². The van der Waals surface area contributed by atoms with Gasteiger partial charge in [0.15, 0.2) is 0 Å². The van der Waals surface area contributed by atoms with E-state index >= 15 is 0 Å². The van der Waals surface area contributed by atoms with Gasteiger partial charge in [-0.2, -0.15) is 4.52 Å². The predicted molar refractivity (Wildman–Crippen MR) is 110 cm³/mol. The molecule has 0 unspecified atom stereocenters. The molecule has 30 heavy (non-hydrogen) atoms. The van der Waals surface area contributed by atoms with Crippen LogP contribution in [-0.4, -0.2) is 24.6 Å². The maximum Gasteiger partial charge on any atom is 0.259 e. The van der Waals surface area contributed by atoms with E-state index in [0.717, 1.165) is 54.4 Å². The minimum atomic E-state index is -0.322. The van der Waals surface area contributed by atoms with Crippen LogP contribution in [0.5, 0.6) is 0 Å². The van der Waals surface area contributed by atoms with Crippen LogP contribution in [0.2, 0.25) is 0 Å². The van der Waals surface area contributed by atoms with Crippen molar-refractivity contribution < 1.29 is 4.39 Å². The number of rotatable bonds is 2. The van der Waals surface area contributed by atoms with E-state index in [4.69, 9.17) is 0 Å². The lowest BCUT2D eigenvalue weighted by atomic mass is 9.68. The molecule has 0 amide bonds. The fraction of sp³-hybridized carbons (Fsp3) is 0.304. The molecule has 0 aliphatic heterocycles. The molecule has 1 spiro atoms. The SMILES string of the molecule is O=c1c2c(n3nnnc3n1Cc1ccccc1)-c1cc(F)ccc1CC21CCCC1. The van der Waals surface area contributed by atoms with Crippen LogP contribution in [0, 0.1) is 5.82 Å². The molecule has 2 aromatic heterocycles. The van der Waals surface area contributed by atoms with Crippen LogP contribution in [0.25, 0.3) is 17.0 Å². The van der Waals surface area contributed by atoms with Crippen molar-refractivity contribution in [1.82, 2.24) is 24.6 Å². The zero-order valence-electron chi connectivity index (χ0n) is 16.4. The molecule has 0 N–H and O–H groups in total. The van der Waals surface area contributed by atoms with Crippen molar-refractivity contribution in [3.05, 3.63) is 81.4 Å². The summed E-state index contributed by atoms with van der Waals surface area (Å²) in [5, 5.41) is 12.3. The number of hydrogen-bond acceptors (Lipinski definition) is 4. The van der Waals surface area contributed by atoms with Gasteiger partial charge in [-0.3, -0.25) is 9.36 Å². The molecule has 150 valence electrons. The van der Waals surface area contributed by atoms with E-state index in [9.17, 15) is 9.18 Å². The molecule has 0 bridgehead atoms. The lowest BCUT2D eigenvalue weighted by Crippen LogP contribution is -2.41. The summed E-state index contributed by atoms with van der Waals surface area (Å²) in [6.45, 7) is 0.392. The van der Waals surface area contributed by atoms with E-state index in [1.54, 1.807) is 9.08 Å². The largest absolute Gasteiger partial charge is 0.271 e. The van der Waals surface area contributed by atoms with E-state index in [2.05, 4.69) is 15.5 Å². The van der Waals surface area contributed by atoms with Gasteiger partial charge in [-0.1, -0.05) is 54.3 Å². The number of hydrogen-bond donors (Lipinski definition) is 0. The van der Waals surface area contributed by atoms with Gasteiger partial charge < -0.3 is 0 Å². The molecule has 2 heterocycles. The number of benzene rings is 2. The Morgan fingerprint density at radius 1 is 1.07 bits per heavy atom. The van der Waals surface area contributed by atoms with Crippen molar-refractivity contribution in [2.75, 3.05) is 0 Å². The topological polar surface area (TPSA) is 65.1 Å². The molecule has 2 aliphatic carbocycles. The molecule has 1 fully saturated rings. The second-order valence-corrected chi connectivity index (χ2v) is 8.46. The van der Waals surface area contributed by atoms with Gasteiger partial charge in [0.1, 0.15) is 5.82 Å². The van der Waals surface area contributed by atoms with Gasteiger partial charge >= 0.3 is 0 Å². The van der Waals surface area contributed by atoms with Crippen LogP contribution in [0.15, 0.2) is 53.3 Å². The zero-order chi connectivity index (χ0) is 20.3. The molecular formula is C23H20FN5O. The third-order valence-corrected chi connectivity index (χ3v) is 6.73. The molecule has 0 saturated heterocycles. The van der Waals surface area contributed by atoms with Gasteiger partial charge in [0.05, 0.1) is 17.8 Å². The maximum atomic E-state index is 14.2. The molecule has 0 atom stereocenters. The van der Waals surface area contributed by atoms with E-state index < -0.39 is 0 Å². The van der Waals surface area contributed by atoms with Crippen molar-refractivity contribution in [3.63, 3.8) is 0 Å². The normalized spacial score (nSPS) is 16.7. The van der Waals surface area contributed by atoms with Crippen molar-refractivity contribution in [1.29, 1.82) is 0 Å². The van der Waals surface area contributed by atoms with Crippen molar-refractivity contribution >= 4 is 5.78 Å². The standard InChI is InChI=1S/C23H20FN5O/c24-17-9-8-16-13-23(10-4-5-11-23)19-20(18(16)12-17)29-22(25-26-27-29)28(21(19)30)14-15-6-2-1-3-7-15/h1-3,6-9,12H,4-5,10-11,13-14H2. The van der Waals surface area contributed by atoms with Crippen LogP contribution in [0.1, 0.15) is 42.4 Å². The lowest BCUT2D eigenvalue weighted by Gasteiger charge is -2.36. The number of tetrazole rings is 1. The first-order valence-corrected chi connectivity index (χ1v) is 10.3. The van der Waals surface area contributed by atoms with Gasteiger partial charge in [-0.15, -0.1) is 0 Å². The Hall–Kier alpha value is -3.35. The first-order chi connectivity index (χ1) is 14.7. The zero-order valence-corrected chi connectivity index (χ0v) is 16.4. The van der Waals surface area contributed by atoms with E-state index in [1.807, 2.05) is 36.4 Å². The Balaban J connectivity index is 1.70. The summed E-state index contributed by atoms with van der Waals surface area (Å²) in [6.07, 6.45) is 4.82. The van der Waals surface area contributed by atoms with E-state index in [1.165, 1.54) is 12.1 Å². The summed E-state index contributed by atoms with van der Waals surface area (Å²) in [7, 11) is 0. The quantitative estimate of drug-likeness (QED) is 0.516. The number of aromatic nitrogens is 5. The van der Waals surface area contributed by atoms with E-state index in [0.29, 0.717) is 18.0 Å². The van der Waals surface area contributed by atoms with Gasteiger partial charge in [-0.25, -0.2) is 4.39 Å². The fourth-order valence-corrected chi connectivity index (χ4v) is 5.42. The van der Waals surface area contributed by atoms with Crippen LogP contribution < -0.4 is 5.56 Å². The minimum absolute atomic E-state index is 0.0621. The summed E-state index contributed by atoms with van der Waals surface area (Å²) >= 11 is 0. The number of nitrogens with zero attached hydrogens (tertiary/aromatic N) is 5. The van der Waals surface area contributed by atoms with Gasteiger partial charge in [0.25, 0.3) is 11.3 Å². The Bertz CT molecular complexity index is 1340. The molecule has 6 nitrogen and oxygen atoms in total. The summed E-state index contributed by atoms with van der Waals surface area (Å²) in [4.78, 5) is 13.9. The average molecular weight is 401 g/mol. The third kappa shape index (κ3) is 2.41. The number of fused-ring (bicyclic) bond motifs is 6. The van der Waals surface area contributed by atoms with Crippen LogP contribution in [0.4, 0.5) is 4.39 Å². The lowest BCUT2D eigenvalue weighted by molar-refractivity contribution is 0.420. The molecule has 0 radical (unpaired) electrons. The predicted octanol–water partition coefficient (Wildman–Crippen LogP) is 3.51. The Morgan fingerprint density at radius 3 is 2.67 bits per heavy atom. The highest BCUT2D eigenvalue weighted by Gasteiger charge is 2.45. The summed E-state index contributed by atoms with van der Waals surface area (Å²) in [5.41, 5.74) is 3.89. The maximum absolute atomic E-state index is 14.2. The summed E-state index contributed by atoms with van der Waals surface area (Å²) in [5.74, 6) is 0.0598. The molecule has 7 heteroatoms. The average Bonchev–Trinajstić information content (AvgIpc) is 3.42. The van der Waals surface area contributed by atoms with Crippen molar-refractivity contribution in [3.8, 4) is 11.3 Å². The minimum Gasteiger partial charge on any atom is -0.271 e. The molecule has 2 aromatic carbocycles. The molecule has 4 aromatic rings. The van der Waals surface area contributed by atoms with Crippen LogP contribution in [-0.2, 0) is 18.4 Å². The van der Waals surface area contributed by atoms with Gasteiger partial charge in [0.2, 0.25) is 0 Å². The third-order valence-electron chi connectivity index (χ3n) is 6.73. The summed E-state index contributed by atoms with van der Waals surface area (Å²) < 4.78 is 17.5. The Labute approximate surface area is 172 Å². The number of halogens is 1. The fourth-order valence-electron chi connectivity index (χ4n) is 5.42. The highest BCUT2D eigenvalue weighted by Crippen LogP contribution is 2.50.